The molecule has 3 nitrogen and oxygen atoms in total. The smallest absolute Gasteiger partial charge is 0.137 e. The van der Waals surface area contributed by atoms with Crippen molar-refractivity contribution in [2.75, 3.05) is 6.54 Å². The van der Waals surface area contributed by atoms with Crippen molar-refractivity contribution in [3.63, 3.8) is 0 Å². The maximum absolute atomic E-state index is 5.57. The minimum atomic E-state index is 0.737. The first-order chi connectivity index (χ1) is 11.2. The van der Waals surface area contributed by atoms with Gasteiger partial charge < -0.3 is 10.3 Å². The molecule has 0 unspecified atom stereocenters. The van der Waals surface area contributed by atoms with E-state index in [4.69, 9.17) is 10.7 Å². The van der Waals surface area contributed by atoms with E-state index < -0.39 is 0 Å². The molecule has 0 atom stereocenters. The van der Waals surface area contributed by atoms with E-state index in [9.17, 15) is 0 Å². The minimum Gasteiger partial charge on any atom is -0.330 e. The summed E-state index contributed by atoms with van der Waals surface area (Å²) < 4.78 is 2.18. The van der Waals surface area contributed by atoms with Crippen molar-refractivity contribution in [3.05, 3.63) is 71.5 Å². The van der Waals surface area contributed by atoms with Crippen LogP contribution in [0.4, 0.5) is 0 Å². The van der Waals surface area contributed by atoms with Gasteiger partial charge in [-0.15, -0.1) is 0 Å². The molecular formula is C20H23N3. The first kappa shape index (κ1) is 15.5. The zero-order valence-electron chi connectivity index (χ0n) is 13.8. The lowest BCUT2D eigenvalue weighted by molar-refractivity contribution is 0.833. The number of aromatic nitrogens is 2. The van der Waals surface area contributed by atoms with Gasteiger partial charge in [-0.05, 0) is 63.1 Å². The number of benzene rings is 1. The van der Waals surface area contributed by atoms with Crippen LogP contribution in [0.15, 0.2) is 54.6 Å². The Labute approximate surface area is 137 Å². The van der Waals surface area contributed by atoms with Crippen LogP contribution < -0.4 is 5.73 Å². The molecule has 3 heteroatoms. The summed E-state index contributed by atoms with van der Waals surface area (Å²) in [5.41, 5.74) is 11.4. The summed E-state index contributed by atoms with van der Waals surface area (Å²) in [6, 6.07) is 19.1. The number of rotatable bonds is 5. The lowest BCUT2D eigenvalue weighted by Crippen LogP contribution is -2.02. The average molecular weight is 305 g/mol. The Kier molecular flexibility index (Phi) is 4.58. The Balaban J connectivity index is 1.91. The maximum atomic E-state index is 5.57. The second kappa shape index (κ2) is 6.80. The first-order valence-electron chi connectivity index (χ1n) is 8.11. The van der Waals surface area contributed by atoms with Crippen molar-refractivity contribution in [1.29, 1.82) is 0 Å². The average Bonchev–Trinajstić information content (AvgIpc) is 2.92. The summed E-state index contributed by atoms with van der Waals surface area (Å²) in [4.78, 5) is 4.84. The topological polar surface area (TPSA) is 43.8 Å². The van der Waals surface area contributed by atoms with E-state index in [2.05, 4.69) is 73.0 Å². The van der Waals surface area contributed by atoms with Gasteiger partial charge in [-0.25, -0.2) is 4.98 Å². The highest BCUT2D eigenvalue weighted by Crippen LogP contribution is 2.21. The van der Waals surface area contributed by atoms with E-state index in [1.54, 1.807) is 0 Å². The molecule has 0 spiro atoms. The molecule has 0 aliphatic carbocycles. The third-order valence-corrected chi connectivity index (χ3v) is 4.15. The molecule has 0 saturated heterocycles. The van der Waals surface area contributed by atoms with Crippen LogP contribution in [0.25, 0.3) is 17.1 Å². The highest BCUT2D eigenvalue weighted by Gasteiger charge is 2.07. The van der Waals surface area contributed by atoms with E-state index in [1.807, 2.05) is 0 Å². The molecule has 118 valence electrons. The molecule has 0 fully saturated rings. The van der Waals surface area contributed by atoms with E-state index in [-0.39, 0.29) is 0 Å². The third kappa shape index (κ3) is 3.35. The molecule has 0 aliphatic heterocycles. The number of hydrogen-bond acceptors (Lipinski definition) is 2. The first-order valence-corrected chi connectivity index (χ1v) is 8.11. The van der Waals surface area contributed by atoms with Gasteiger partial charge in [-0.2, -0.15) is 0 Å². The minimum absolute atomic E-state index is 0.737. The molecule has 0 bridgehead atoms. The van der Waals surface area contributed by atoms with Crippen LogP contribution in [0.1, 0.15) is 23.4 Å². The molecule has 0 radical (unpaired) electrons. The second-order valence-corrected chi connectivity index (χ2v) is 5.92. The zero-order valence-corrected chi connectivity index (χ0v) is 13.8. The van der Waals surface area contributed by atoms with E-state index >= 15 is 0 Å². The van der Waals surface area contributed by atoms with Crippen molar-refractivity contribution < 1.29 is 0 Å². The van der Waals surface area contributed by atoms with Gasteiger partial charge in [0.2, 0.25) is 0 Å². The molecule has 3 rings (SSSR count). The lowest BCUT2D eigenvalue weighted by Gasteiger charge is -2.10. The molecule has 2 heterocycles. The van der Waals surface area contributed by atoms with Gasteiger partial charge in [0.15, 0.2) is 0 Å². The highest BCUT2D eigenvalue weighted by atomic mass is 15.1. The standard InChI is InChI=1S/C20H23N3/c1-15-8-9-16(2)23(15)20-7-3-6-19(22-20)18-12-10-17(11-13-18)5-4-14-21/h3,6-13H,4-5,14,21H2,1-2H3. The number of hydrogen-bond donors (Lipinski definition) is 1. The van der Waals surface area contributed by atoms with Crippen LogP contribution in [0.3, 0.4) is 0 Å². The fourth-order valence-electron chi connectivity index (χ4n) is 2.89. The van der Waals surface area contributed by atoms with Crippen molar-refractivity contribution >= 4 is 0 Å². The van der Waals surface area contributed by atoms with E-state index in [0.29, 0.717) is 0 Å². The Morgan fingerprint density at radius 2 is 1.61 bits per heavy atom. The van der Waals surface area contributed by atoms with Gasteiger partial charge in [0.1, 0.15) is 5.82 Å². The van der Waals surface area contributed by atoms with Crippen LogP contribution in [0.5, 0.6) is 0 Å². The Hall–Kier alpha value is -2.39. The van der Waals surface area contributed by atoms with Crippen LogP contribution in [-0.2, 0) is 6.42 Å². The molecule has 23 heavy (non-hydrogen) atoms. The summed E-state index contributed by atoms with van der Waals surface area (Å²) in [7, 11) is 0. The number of aryl methyl sites for hydroxylation is 3. The molecule has 2 N–H and O–H groups in total. The third-order valence-electron chi connectivity index (χ3n) is 4.15. The Morgan fingerprint density at radius 3 is 2.26 bits per heavy atom. The largest absolute Gasteiger partial charge is 0.330 e. The normalized spacial score (nSPS) is 10.9. The van der Waals surface area contributed by atoms with Crippen LogP contribution >= 0.6 is 0 Å². The molecule has 2 aromatic heterocycles. The monoisotopic (exact) mass is 305 g/mol. The Bertz CT molecular complexity index is 765. The second-order valence-electron chi connectivity index (χ2n) is 5.92. The van der Waals surface area contributed by atoms with Gasteiger partial charge in [-0.1, -0.05) is 30.3 Å². The fourth-order valence-corrected chi connectivity index (χ4v) is 2.89. The zero-order chi connectivity index (χ0) is 16.2. The summed E-state index contributed by atoms with van der Waals surface area (Å²) in [6.45, 7) is 4.95. The van der Waals surface area contributed by atoms with Crippen LogP contribution in [0, 0.1) is 13.8 Å². The quantitative estimate of drug-likeness (QED) is 0.773. The van der Waals surface area contributed by atoms with Crippen LogP contribution in [0.2, 0.25) is 0 Å². The van der Waals surface area contributed by atoms with Crippen molar-refractivity contribution in [2.45, 2.75) is 26.7 Å². The van der Waals surface area contributed by atoms with Gasteiger partial charge in [0.05, 0.1) is 5.69 Å². The summed E-state index contributed by atoms with van der Waals surface area (Å²) in [5, 5.41) is 0. The fraction of sp³-hybridized carbons (Fsp3) is 0.250. The summed E-state index contributed by atoms with van der Waals surface area (Å²) >= 11 is 0. The predicted molar refractivity (Wildman–Crippen MR) is 95.8 cm³/mol. The van der Waals surface area contributed by atoms with Crippen molar-refractivity contribution in [3.8, 4) is 17.1 Å². The van der Waals surface area contributed by atoms with E-state index in [0.717, 1.165) is 36.5 Å². The molecule has 1 aromatic carbocycles. The van der Waals surface area contributed by atoms with E-state index in [1.165, 1.54) is 17.0 Å². The van der Waals surface area contributed by atoms with Crippen LogP contribution in [-0.4, -0.2) is 16.1 Å². The summed E-state index contributed by atoms with van der Waals surface area (Å²) in [6.07, 6.45) is 2.06. The van der Waals surface area contributed by atoms with Gasteiger partial charge in [-0.3, -0.25) is 0 Å². The van der Waals surface area contributed by atoms with Gasteiger partial charge in [0.25, 0.3) is 0 Å². The molecule has 0 saturated carbocycles. The molecule has 3 aromatic rings. The highest BCUT2D eigenvalue weighted by molar-refractivity contribution is 5.60. The van der Waals surface area contributed by atoms with Crippen molar-refractivity contribution in [1.82, 2.24) is 9.55 Å². The SMILES string of the molecule is Cc1ccc(C)n1-c1cccc(-c2ccc(CCCN)cc2)n1. The maximum Gasteiger partial charge on any atom is 0.137 e. The lowest BCUT2D eigenvalue weighted by atomic mass is 10.1. The predicted octanol–water partition coefficient (Wildman–Crippen LogP) is 4.05. The Morgan fingerprint density at radius 1 is 0.913 bits per heavy atom. The summed E-state index contributed by atoms with van der Waals surface area (Å²) in [5.74, 6) is 0.967. The molecule has 0 amide bonds. The van der Waals surface area contributed by atoms with Gasteiger partial charge >= 0.3 is 0 Å². The number of nitrogens with two attached hydrogens (primary N) is 1. The van der Waals surface area contributed by atoms with Crippen molar-refractivity contribution in [2.24, 2.45) is 5.73 Å². The molecule has 0 aliphatic rings. The number of pyridine rings is 1. The van der Waals surface area contributed by atoms with Gasteiger partial charge in [0, 0.05) is 17.0 Å². The molecular weight excluding hydrogens is 282 g/mol. The number of nitrogens with zero attached hydrogens (tertiary/aromatic N) is 2.